The van der Waals surface area contributed by atoms with Crippen molar-refractivity contribution in [3.05, 3.63) is 59.2 Å². The number of thiocarbonyl (C=S) groups is 2. The number of hydrogen-bond acceptors (Lipinski definition) is 6. The second-order valence-corrected chi connectivity index (χ2v) is 7.12. The molecule has 2 aromatic rings. The highest BCUT2D eigenvalue weighted by Gasteiger charge is 2.16. The van der Waals surface area contributed by atoms with Crippen LogP contribution in [0.15, 0.2) is 36.7 Å². The van der Waals surface area contributed by atoms with Crippen molar-refractivity contribution in [2.24, 2.45) is 0 Å². The first kappa shape index (κ1) is 22.3. The predicted molar refractivity (Wildman–Crippen MR) is 118 cm³/mol. The van der Waals surface area contributed by atoms with E-state index >= 15 is 0 Å². The van der Waals surface area contributed by atoms with Crippen LogP contribution in [0, 0.1) is 13.8 Å². The summed E-state index contributed by atoms with van der Waals surface area (Å²) in [6.45, 7) is 3.74. The molecule has 0 aliphatic heterocycles. The molecule has 0 aliphatic rings. The lowest BCUT2D eigenvalue weighted by Crippen LogP contribution is -2.47. The van der Waals surface area contributed by atoms with Crippen LogP contribution in [0.1, 0.15) is 28.9 Å². The van der Waals surface area contributed by atoms with Crippen LogP contribution >= 0.6 is 24.4 Å². The molecule has 8 nitrogen and oxygen atoms in total. The maximum Gasteiger partial charge on any atom is 0.248 e. The van der Waals surface area contributed by atoms with Crippen molar-refractivity contribution in [1.82, 2.24) is 30.8 Å². The second-order valence-electron chi connectivity index (χ2n) is 6.35. The van der Waals surface area contributed by atoms with Crippen molar-refractivity contribution in [1.29, 1.82) is 0 Å². The number of aromatic nitrogens is 2. The van der Waals surface area contributed by atoms with Crippen molar-refractivity contribution in [3.63, 3.8) is 0 Å². The van der Waals surface area contributed by atoms with Gasteiger partial charge in [0.05, 0.1) is 0 Å². The molecule has 0 bridgehead atoms. The van der Waals surface area contributed by atoms with Gasteiger partial charge in [-0.2, -0.15) is 0 Å². The largest absolute Gasteiger partial charge is 0.277 e. The van der Waals surface area contributed by atoms with Gasteiger partial charge in [0.15, 0.2) is 0 Å². The van der Waals surface area contributed by atoms with E-state index in [9.17, 15) is 9.59 Å². The summed E-state index contributed by atoms with van der Waals surface area (Å²) in [6.07, 6.45) is 2.87. The molecule has 2 N–H and O–H groups in total. The molecule has 0 aliphatic carbocycles. The van der Waals surface area contributed by atoms with Gasteiger partial charge < -0.3 is 0 Å². The van der Waals surface area contributed by atoms with Gasteiger partial charge in [-0.15, -0.1) is 0 Å². The first-order valence-electron chi connectivity index (χ1n) is 8.67. The zero-order chi connectivity index (χ0) is 21.6. The van der Waals surface area contributed by atoms with Gasteiger partial charge in [-0.3, -0.25) is 40.4 Å². The van der Waals surface area contributed by atoms with Gasteiger partial charge in [0.2, 0.25) is 11.8 Å². The number of carbonyl (C=O) groups excluding carboxylic acids is 2. The molecule has 2 heterocycles. The zero-order valence-electron chi connectivity index (χ0n) is 16.6. The number of hydrazine groups is 2. The minimum absolute atomic E-state index is 0.386. The molecule has 0 atom stereocenters. The fraction of sp³-hybridized carbons (Fsp3) is 0.263. The average Bonchev–Trinajstić information content (AvgIpc) is 2.67. The molecule has 0 radical (unpaired) electrons. The summed E-state index contributed by atoms with van der Waals surface area (Å²) in [5, 5.41) is 2.76. The Morgan fingerprint density at radius 3 is 1.52 bits per heavy atom. The van der Waals surface area contributed by atoms with Crippen LogP contribution in [0.25, 0.3) is 0 Å². The maximum atomic E-state index is 12.2. The highest BCUT2D eigenvalue weighted by Crippen LogP contribution is 2.05. The van der Waals surface area contributed by atoms with Crippen LogP contribution in [0.5, 0.6) is 0 Å². The second kappa shape index (κ2) is 9.99. The molecule has 2 aromatic heterocycles. The Kier molecular flexibility index (Phi) is 7.68. The smallest absolute Gasteiger partial charge is 0.248 e. The van der Waals surface area contributed by atoms with E-state index in [1.165, 1.54) is 10.0 Å². The summed E-state index contributed by atoms with van der Waals surface area (Å²) in [7, 11) is 3.20. The SMILES string of the molecule is Cc1ccc(C(=S)N(C)NC(=O)CC(=O)NN(C)C(=S)c2ccc(C)nc2)cn1. The molecular formula is C19H22N6O2S2. The van der Waals surface area contributed by atoms with Gasteiger partial charge in [-0.1, -0.05) is 24.4 Å². The molecular weight excluding hydrogens is 408 g/mol. The third kappa shape index (κ3) is 6.54. The van der Waals surface area contributed by atoms with Crippen molar-refractivity contribution in [3.8, 4) is 0 Å². The number of nitrogens with one attached hydrogen (secondary N) is 2. The first-order valence-corrected chi connectivity index (χ1v) is 9.49. The van der Waals surface area contributed by atoms with E-state index in [2.05, 4.69) is 20.8 Å². The number of pyridine rings is 2. The number of rotatable bonds is 4. The zero-order valence-corrected chi connectivity index (χ0v) is 18.2. The fourth-order valence-corrected chi connectivity index (χ4v) is 2.61. The number of amides is 2. The van der Waals surface area contributed by atoms with Crippen molar-refractivity contribution in [2.45, 2.75) is 20.3 Å². The van der Waals surface area contributed by atoms with Gasteiger partial charge in [0, 0.05) is 49.0 Å². The van der Waals surface area contributed by atoms with Gasteiger partial charge in [0.25, 0.3) is 0 Å². The van der Waals surface area contributed by atoms with E-state index in [-0.39, 0.29) is 0 Å². The Hall–Kier alpha value is -2.98. The molecule has 10 heteroatoms. The van der Waals surface area contributed by atoms with E-state index < -0.39 is 18.2 Å². The molecule has 0 saturated carbocycles. The molecule has 152 valence electrons. The molecule has 0 fully saturated rings. The molecule has 0 unspecified atom stereocenters. The van der Waals surface area contributed by atoms with Crippen molar-refractivity contribution < 1.29 is 9.59 Å². The fourth-order valence-electron chi connectivity index (χ4n) is 2.28. The lowest BCUT2D eigenvalue weighted by Gasteiger charge is -2.23. The van der Waals surface area contributed by atoms with E-state index in [0.29, 0.717) is 21.1 Å². The summed E-state index contributed by atoms with van der Waals surface area (Å²) in [5.74, 6) is -1.02. The Morgan fingerprint density at radius 1 is 0.828 bits per heavy atom. The van der Waals surface area contributed by atoms with Crippen LogP contribution in [-0.2, 0) is 9.59 Å². The Morgan fingerprint density at radius 2 is 1.21 bits per heavy atom. The highest BCUT2D eigenvalue weighted by molar-refractivity contribution is 7.80. The van der Waals surface area contributed by atoms with Gasteiger partial charge in [-0.05, 0) is 38.1 Å². The minimum Gasteiger partial charge on any atom is -0.277 e. The summed E-state index contributed by atoms with van der Waals surface area (Å²) in [5.41, 5.74) is 8.24. The van der Waals surface area contributed by atoms with Gasteiger partial charge >= 0.3 is 0 Å². The van der Waals surface area contributed by atoms with Crippen LogP contribution < -0.4 is 10.9 Å². The lowest BCUT2D eigenvalue weighted by molar-refractivity contribution is -0.132. The number of hydrogen-bond donors (Lipinski definition) is 2. The van der Waals surface area contributed by atoms with Crippen molar-refractivity contribution in [2.75, 3.05) is 14.1 Å². The lowest BCUT2D eigenvalue weighted by atomic mass is 10.2. The van der Waals surface area contributed by atoms with Crippen LogP contribution in [0.3, 0.4) is 0 Å². The maximum absolute atomic E-state index is 12.2. The monoisotopic (exact) mass is 430 g/mol. The van der Waals surface area contributed by atoms with Crippen LogP contribution in [-0.4, -0.2) is 55.9 Å². The van der Waals surface area contributed by atoms with E-state index in [4.69, 9.17) is 24.4 Å². The summed E-state index contributed by atoms with van der Waals surface area (Å²) in [6, 6.07) is 7.28. The summed E-state index contributed by atoms with van der Waals surface area (Å²) >= 11 is 10.7. The third-order valence-corrected chi connectivity index (χ3v) is 4.85. The quantitative estimate of drug-likeness (QED) is 0.428. The Balaban J connectivity index is 1.85. The molecule has 0 aromatic carbocycles. The molecule has 0 spiro atoms. The third-order valence-electron chi connectivity index (χ3n) is 3.83. The summed E-state index contributed by atoms with van der Waals surface area (Å²) in [4.78, 5) is 33.4. The van der Waals surface area contributed by atoms with Gasteiger partial charge in [-0.25, -0.2) is 0 Å². The number of nitrogens with zero attached hydrogens (tertiary/aromatic N) is 4. The topological polar surface area (TPSA) is 90.5 Å². The molecule has 2 rings (SSSR count). The number of carbonyl (C=O) groups is 2. The minimum atomic E-state index is -0.510. The summed E-state index contributed by atoms with van der Waals surface area (Å²) < 4.78 is 0. The Bertz CT molecular complexity index is 840. The Labute approximate surface area is 180 Å². The van der Waals surface area contributed by atoms with Crippen LogP contribution in [0.2, 0.25) is 0 Å². The number of aryl methyl sites for hydroxylation is 2. The molecule has 29 heavy (non-hydrogen) atoms. The molecule has 0 saturated heterocycles. The normalized spacial score (nSPS) is 10.1. The predicted octanol–water partition coefficient (Wildman–Crippen LogP) is 1.46. The first-order chi connectivity index (χ1) is 13.7. The highest BCUT2D eigenvalue weighted by atomic mass is 32.1. The van der Waals surface area contributed by atoms with Crippen molar-refractivity contribution >= 4 is 46.2 Å². The van der Waals surface area contributed by atoms with E-state index in [1.54, 1.807) is 26.5 Å². The van der Waals surface area contributed by atoms with Gasteiger partial charge in [0.1, 0.15) is 16.4 Å². The average molecular weight is 431 g/mol. The van der Waals surface area contributed by atoms with Crippen LogP contribution in [0.4, 0.5) is 0 Å². The van der Waals surface area contributed by atoms with E-state index in [0.717, 1.165) is 11.4 Å². The standard InChI is InChI=1S/C19H22N6O2S2/c1-12-5-7-14(10-20-12)18(28)24(3)22-16(26)9-17(27)23-25(4)19(29)15-8-6-13(2)21-11-15/h5-8,10-11H,9H2,1-4H3,(H,22,26)(H,23,27). The molecule has 2 amide bonds. The van der Waals surface area contributed by atoms with E-state index in [1.807, 2.05) is 38.1 Å².